The largest absolute Gasteiger partial charge is 0.481 e. The summed E-state index contributed by atoms with van der Waals surface area (Å²) in [5.74, 6) is 0.611. The Kier molecular flexibility index (Phi) is 13.7. The van der Waals surface area contributed by atoms with E-state index in [9.17, 15) is 4.79 Å². The summed E-state index contributed by atoms with van der Waals surface area (Å²) in [6, 6.07) is 0. The van der Waals surface area contributed by atoms with Gasteiger partial charge in [-0.2, -0.15) is 11.8 Å². The van der Waals surface area contributed by atoms with E-state index in [1.54, 1.807) is 0 Å². The summed E-state index contributed by atoms with van der Waals surface area (Å²) < 4.78 is 0. The maximum Gasteiger partial charge on any atom is 0.303 e. The summed E-state index contributed by atoms with van der Waals surface area (Å²) in [4.78, 5) is 10.3. The first kappa shape index (κ1) is 16.8. The molecule has 0 amide bonds. The molecule has 17 heavy (non-hydrogen) atoms. The molecule has 0 unspecified atom stereocenters. The number of rotatable bonds is 13. The second-order valence-corrected chi connectivity index (χ2v) is 5.35. The summed E-state index contributed by atoms with van der Waals surface area (Å²) >= 11 is 1.93. The molecule has 0 saturated heterocycles. The number of unbranched alkanes of at least 4 members (excludes halogenated alkanes) is 5. The number of hydrogen-bond acceptors (Lipinski definition) is 3. The minimum absolute atomic E-state index is 0.315. The lowest BCUT2D eigenvalue weighted by Gasteiger charge is -2.04. The van der Waals surface area contributed by atoms with E-state index in [1.807, 2.05) is 11.8 Å². The normalized spacial score (nSPS) is 10.6. The van der Waals surface area contributed by atoms with Crippen molar-refractivity contribution in [2.75, 3.05) is 25.1 Å². The van der Waals surface area contributed by atoms with Gasteiger partial charge in [0.2, 0.25) is 0 Å². The Labute approximate surface area is 110 Å². The van der Waals surface area contributed by atoms with E-state index in [0.29, 0.717) is 6.42 Å². The molecule has 0 aromatic rings. The predicted octanol–water partition coefficient (Wildman–Crippen LogP) is 3.14. The van der Waals surface area contributed by atoms with E-state index in [-0.39, 0.29) is 0 Å². The highest BCUT2D eigenvalue weighted by Crippen LogP contribution is 2.04. The van der Waals surface area contributed by atoms with Crippen molar-refractivity contribution in [3.8, 4) is 0 Å². The second-order valence-electron chi connectivity index (χ2n) is 4.36. The van der Waals surface area contributed by atoms with Crippen LogP contribution in [0.25, 0.3) is 0 Å². The van der Waals surface area contributed by atoms with Crippen molar-refractivity contribution >= 4 is 17.7 Å². The maximum atomic E-state index is 10.3. The van der Waals surface area contributed by atoms with Crippen LogP contribution in [0, 0.1) is 0 Å². The molecule has 0 aromatic carbocycles. The van der Waals surface area contributed by atoms with Crippen LogP contribution in [0.4, 0.5) is 0 Å². The quantitative estimate of drug-likeness (QED) is 0.500. The number of carboxylic acids is 1. The van der Waals surface area contributed by atoms with Gasteiger partial charge in [0, 0.05) is 6.42 Å². The molecule has 0 bridgehead atoms. The molecule has 0 fully saturated rings. The van der Waals surface area contributed by atoms with Gasteiger partial charge in [0.15, 0.2) is 0 Å². The molecule has 102 valence electrons. The van der Waals surface area contributed by atoms with Crippen LogP contribution >= 0.6 is 11.8 Å². The van der Waals surface area contributed by atoms with Crippen LogP contribution in [0.3, 0.4) is 0 Å². The van der Waals surface area contributed by atoms with Crippen molar-refractivity contribution < 1.29 is 9.90 Å². The SMILES string of the molecule is CSCCCCCCNCCCCCC(=O)O. The zero-order chi connectivity index (χ0) is 12.8. The fourth-order valence-corrected chi connectivity index (χ4v) is 2.17. The lowest BCUT2D eigenvalue weighted by molar-refractivity contribution is -0.137. The van der Waals surface area contributed by atoms with Gasteiger partial charge in [-0.15, -0.1) is 0 Å². The predicted molar refractivity (Wildman–Crippen MR) is 75.8 cm³/mol. The first-order valence-corrected chi connectivity index (χ1v) is 8.08. The maximum absolute atomic E-state index is 10.3. The lowest BCUT2D eigenvalue weighted by Crippen LogP contribution is -2.16. The topological polar surface area (TPSA) is 49.3 Å². The highest BCUT2D eigenvalue weighted by molar-refractivity contribution is 7.98. The first-order chi connectivity index (χ1) is 8.27. The Balaban J connectivity index is 2.91. The van der Waals surface area contributed by atoms with Crippen LogP contribution in [0.5, 0.6) is 0 Å². The van der Waals surface area contributed by atoms with E-state index in [1.165, 1.54) is 31.4 Å². The van der Waals surface area contributed by atoms with E-state index in [0.717, 1.165) is 32.4 Å². The molecule has 0 radical (unpaired) electrons. The smallest absolute Gasteiger partial charge is 0.303 e. The van der Waals surface area contributed by atoms with Crippen molar-refractivity contribution in [2.24, 2.45) is 0 Å². The van der Waals surface area contributed by atoms with Crippen LogP contribution < -0.4 is 5.32 Å². The molecule has 0 heterocycles. The number of thioether (sulfide) groups is 1. The highest BCUT2D eigenvalue weighted by atomic mass is 32.2. The highest BCUT2D eigenvalue weighted by Gasteiger charge is 1.96. The minimum atomic E-state index is -0.678. The van der Waals surface area contributed by atoms with Gasteiger partial charge in [-0.3, -0.25) is 4.79 Å². The molecule has 2 N–H and O–H groups in total. The third-order valence-electron chi connectivity index (χ3n) is 2.70. The molecular weight excluding hydrogens is 234 g/mol. The molecule has 0 aromatic heterocycles. The molecule has 0 atom stereocenters. The third kappa shape index (κ3) is 15.8. The Morgan fingerprint density at radius 2 is 1.59 bits per heavy atom. The summed E-state index contributed by atoms with van der Waals surface area (Å²) in [6.07, 6.45) is 10.7. The van der Waals surface area contributed by atoms with Crippen LogP contribution in [-0.4, -0.2) is 36.2 Å². The number of hydrogen-bond donors (Lipinski definition) is 2. The molecule has 0 aliphatic carbocycles. The van der Waals surface area contributed by atoms with Crippen LogP contribution in [0.1, 0.15) is 51.4 Å². The average Bonchev–Trinajstić information content (AvgIpc) is 2.30. The molecule has 4 heteroatoms. The van der Waals surface area contributed by atoms with Crippen molar-refractivity contribution in [1.29, 1.82) is 0 Å². The van der Waals surface area contributed by atoms with Gasteiger partial charge >= 0.3 is 5.97 Å². The van der Waals surface area contributed by atoms with Crippen molar-refractivity contribution in [1.82, 2.24) is 5.32 Å². The van der Waals surface area contributed by atoms with Gasteiger partial charge in [-0.05, 0) is 50.8 Å². The first-order valence-electron chi connectivity index (χ1n) is 6.69. The minimum Gasteiger partial charge on any atom is -0.481 e. The number of carbonyl (C=O) groups is 1. The van der Waals surface area contributed by atoms with Gasteiger partial charge in [0.25, 0.3) is 0 Å². The molecule has 0 spiro atoms. The fraction of sp³-hybridized carbons (Fsp3) is 0.923. The van der Waals surface area contributed by atoms with Gasteiger partial charge in [0.1, 0.15) is 0 Å². The summed E-state index contributed by atoms with van der Waals surface area (Å²) in [5, 5.41) is 11.9. The molecule has 0 aliphatic rings. The van der Waals surface area contributed by atoms with Crippen molar-refractivity contribution in [3.63, 3.8) is 0 Å². The number of nitrogens with one attached hydrogen (secondary N) is 1. The summed E-state index contributed by atoms with van der Waals surface area (Å²) in [5.41, 5.74) is 0. The number of carboxylic acid groups (broad SMARTS) is 1. The second kappa shape index (κ2) is 13.8. The molecule has 0 aliphatic heterocycles. The average molecular weight is 261 g/mol. The van der Waals surface area contributed by atoms with Gasteiger partial charge in [-0.1, -0.05) is 19.3 Å². The molecular formula is C13H27NO2S. The zero-order valence-electron chi connectivity index (χ0n) is 11.0. The molecule has 3 nitrogen and oxygen atoms in total. The Hall–Kier alpha value is -0.220. The standard InChI is InChI=1S/C13H27NO2S/c1-17-12-8-3-2-6-10-14-11-7-4-5-9-13(15)16/h14H,2-12H2,1H3,(H,15,16). The fourth-order valence-electron chi connectivity index (χ4n) is 1.68. The van der Waals surface area contributed by atoms with Crippen molar-refractivity contribution in [2.45, 2.75) is 51.4 Å². The Morgan fingerprint density at radius 3 is 2.18 bits per heavy atom. The van der Waals surface area contributed by atoms with E-state index in [4.69, 9.17) is 5.11 Å². The molecule has 0 rings (SSSR count). The summed E-state index contributed by atoms with van der Waals surface area (Å²) in [7, 11) is 0. The van der Waals surface area contributed by atoms with E-state index >= 15 is 0 Å². The third-order valence-corrected chi connectivity index (χ3v) is 3.39. The van der Waals surface area contributed by atoms with Gasteiger partial charge < -0.3 is 10.4 Å². The van der Waals surface area contributed by atoms with Crippen LogP contribution in [0.2, 0.25) is 0 Å². The number of aliphatic carboxylic acids is 1. The Morgan fingerprint density at radius 1 is 1.00 bits per heavy atom. The van der Waals surface area contributed by atoms with E-state index < -0.39 is 5.97 Å². The summed E-state index contributed by atoms with van der Waals surface area (Å²) in [6.45, 7) is 2.14. The lowest BCUT2D eigenvalue weighted by atomic mass is 10.2. The Bertz CT molecular complexity index is 177. The van der Waals surface area contributed by atoms with Gasteiger partial charge in [-0.25, -0.2) is 0 Å². The monoisotopic (exact) mass is 261 g/mol. The molecule has 0 saturated carbocycles. The zero-order valence-corrected chi connectivity index (χ0v) is 11.9. The van der Waals surface area contributed by atoms with E-state index in [2.05, 4.69) is 11.6 Å². The van der Waals surface area contributed by atoms with Gasteiger partial charge in [0.05, 0.1) is 0 Å². The van der Waals surface area contributed by atoms with Crippen LogP contribution in [0.15, 0.2) is 0 Å². The van der Waals surface area contributed by atoms with Crippen LogP contribution in [-0.2, 0) is 4.79 Å². The van der Waals surface area contributed by atoms with Crippen molar-refractivity contribution in [3.05, 3.63) is 0 Å².